The Morgan fingerprint density at radius 2 is 1.79 bits per heavy atom. The van der Waals surface area contributed by atoms with E-state index >= 15 is 0 Å². The topological polar surface area (TPSA) is 29.4 Å². The van der Waals surface area contributed by atoms with Gasteiger partial charge in [-0.1, -0.05) is 37.6 Å². The summed E-state index contributed by atoms with van der Waals surface area (Å²) in [5.74, 6) is -0.383. The predicted octanol–water partition coefficient (Wildman–Crippen LogP) is 5.91. The highest BCUT2D eigenvalue weighted by atomic mass is 19.1. The Morgan fingerprint density at radius 3 is 2.29 bits per heavy atom. The average molecular weight is 327 g/mol. The predicted molar refractivity (Wildman–Crippen MR) is 101 cm³/mol. The van der Waals surface area contributed by atoms with Crippen LogP contribution in [0, 0.1) is 5.82 Å². The first kappa shape index (κ1) is 19.8. The third kappa shape index (κ3) is 5.73. The van der Waals surface area contributed by atoms with Crippen LogP contribution >= 0.6 is 0 Å². The zero-order valence-electron chi connectivity index (χ0n) is 15.2. The molecule has 0 heterocycles. The molecule has 0 saturated heterocycles. The van der Waals surface area contributed by atoms with Crippen LogP contribution in [-0.2, 0) is 4.79 Å². The first-order valence-electron chi connectivity index (χ1n) is 8.27. The molecule has 128 valence electrons. The lowest BCUT2D eigenvalue weighted by molar-refractivity contribution is -0.111. The van der Waals surface area contributed by atoms with Crippen LogP contribution in [0.4, 0.5) is 4.39 Å². The zero-order valence-corrected chi connectivity index (χ0v) is 15.2. The van der Waals surface area contributed by atoms with E-state index in [9.17, 15) is 9.18 Å². The van der Waals surface area contributed by atoms with Crippen molar-refractivity contribution in [1.82, 2.24) is 0 Å². The largest absolute Gasteiger partial charge is 0.294 e. The van der Waals surface area contributed by atoms with Gasteiger partial charge in [0.25, 0.3) is 0 Å². The van der Waals surface area contributed by atoms with Crippen LogP contribution in [-0.4, -0.2) is 11.5 Å². The number of aliphatic imine (C=N–C) groups is 1. The molecule has 0 fully saturated rings. The van der Waals surface area contributed by atoms with Gasteiger partial charge in [0.1, 0.15) is 5.82 Å². The summed E-state index contributed by atoms with van der Waals surface area (Å²) in [4.78, 5) is 16.8. The molecule has 0 aliphatic rings. The number of hydrogen-bond donors (Lipinski definition) is 0. The van der Waals surface area contributed by atoms with Crippen molar-refractivity contribution in [3.05, 3.63) is 65.1 Å². The molecular weight excluding hydrogens is 301 g/mol. The van der Waals surface area contributed by atoms with Crippen molar-refractivity contribution in [3.8, 4) is 0 Å². The normalized spacial score (nSPS) is 14.1. The molecule has 3 heteroatoms. The van der Waals surface area contributed by atoms with Crippen molar-refractivity contribution in [2.45, 2.75) is 47.5 Å². The van der Waals surface area contributed by atoms with Crippen molar-refractivity contribution >= 4 is 17.1 Å². The number of unbranched alkanes of at least 4 members (excludes halogenated alkanes) is 1. The fourth-order valence-electron chi connectivity index (χ4n) is 2.42. The molecule has 1 rings (SSSR count). The van der Waals surface area contributed by atoms with E-state index in [2.05, 4.69) is 18.0 Å². The molecule has 0 unspecified atom stereocenters. The number of ketones is 1. The summed E-state index contributed by atoms with van der Waals surface area (Å²) in [6.45, 7) is 9.40. The van der Waals surface area contributed by atoms with E-state index in [1.165, 1.54) is 19.1 Å². The second kappa shape index (κ2) is 9.76. The fourth-order valence-corrected chi connectivity index (χ4v) is 2.42. The van der Waals surface area contributed by atoms with Crippen molar-refractivity contribution in [2.24, 2.45) is 4.99 Å². The number of carbonyl (C=O) groups is 1. The quantitative estimate of drug-likeness (QED) is 0.452. The molecule has 0 atom stereocenters. The van der Waals surface area contributed by atoms with Gasteiger partial charge in [-0.05, 0) is 63.5 Å². The Morgan fingerprint density at radius 1 is 1.17 bits per heavy atom. The summed E-state index contributed by atoms with van der Waals surface area (Å²) in [5.41, 5.74) is 3.73. The number of rotatable bonds is 7. The van der Waals surface area contributed by atoms with E-state index in [0.717, 1.165) is 29.8 Å². The van der Waals surface area contributed by atoms with E-state index in [4.69, 9.17) is 0 Å². The Labute approximate surface area is 144 Å². The minimum Gasteiger partial charge on any atom is -0.294 e. The molecule has 0 radical (unpaired) electrons. The zero-order chi connectivity index (χ0) is 18.1. The summed E-state index contributed by atoms with van der Waals surface area (Å²) in [5, 5.41) is 0. The van der Waals surface area contributed by atoms with Crippen LogP contribution in [0.5, 0.6) is 0 Å². The molecule has 0 saturated carbocycles. The summed E-state index contributed by atoms with van der Waals surface area (Å²) < 4.78 is 13.2. The summed E-state index contributed by atoms with van der Waals surface area (Å²) in [6.07, 6.45) is 7.92. The third-order valence-corrected chi connectivity index (χ3v) is 3.59. The monoisotopic (exact) mass is 327 g/mol. The fraction of sp³-hybridized carbons (Fsp3) is 0.333. The minimum atomic E-state index is -0.319. The van der Waals surface area contributed by atoms with Gasteiger partial charge < -0.3 is 0 Å². The van der Waals surface area contributed by atoms with Gasteiger partial charge in [0.2, 0.25) is 0 Å². The van der Waals surface area contributed by atoms with Crippen LogP contribution in [0.2, 0.25) is 0 Å². The molecule has 1 aromatic carbocycles. The lowest BCUT2D eigenvalue weighted by Crippen LogP contribution is -2.06. The molecule has 0 spiro atoms. The standard InChI is InChI=1S/C21H26FNO/c1-6-8-10-15(3)23-20(9-7-2)16(4)21(17(5)24)18-11-13-19(22)14-12-18/h7,9-14H,6,8H2,1-5H3/b9-7-,15-10+,21-16-,23-20?. The summed E-state index contributed by atoms with van der Waals surface area (Å²) >= 11 is 0. The van der Waals surface area contributed by atoms with Crippen LogP contribution < -0.4 is 0 Å². The smallest absolute Gasteiger partial charge is 0.160 e. The number of allylic oxidation sites excluding steroid dienone is 6. The molecule has 0 bridgehead atoms. The van der Waals surface area contributed by atoms with Crippen molar-refractivity contribution in [1.29, 1.82) is 0 Å². The Kier molecular flexibility index (Phi) is 8.03. The molecular formula is C21H26FNO. The number of hydrogen-bond acceptors (Lipinski definition) is 2. The van der Waals surface area contributed by atoms with Gasteiger partial charge in [0, 0.05) is 11.3 Å². The summed E-state index contributed by atoms with van der Waals surface area (Å²) in [6, 6.07) is 5.99. The van der Waals surface area contributed by atoms with Gasteiger partial charge in [0.15, 0.2) is 5.78 Å². The van der Waals surface area contributed by atoms with E-state index in [-0.39, 0.29) is 11.6 Å². The molecule has 0 aliphatic heterocycles. The minimum absolute atomic E-state index is 0.0634. The van der Waals surface area contributed by atoms with Gasteiger partial charge in [-0.3, -0.25) is 9.79 Å². The maximum Gasteiger partial charge on any atom is 0.160 e. The molecule has 24 heavy (non-hydrogen) atoms. The van der Waals surface area contributed by atoms with Gasteiger partial charge in [-0.2, -0.15) is 0 Å². The van der Waals surface area contributed by atoms with Crippen molar-refractivity contribution in [2.75, 3.05) is 0 Å². The number of Topliss-reactive ketones (excluding diaryl/α,β-unsaturated/α-hetero) is 1. The maximum absolute atomic E-state index is 13.2. The lowest BCUT2D eigenvalue weighted by atomic mass is 9.94. The number of halogens is 1. The first-order chi connectivity index (χ1) is 11.4. The van der Waals surface area contributed by atoms with Crippen molar-refractivity contribution < 1.29 is 9.18 Å². The molecule has 1 aromatic rings. The van der Waals surface area contributed by atoms with Gasteiger partial charge in [-0.15, -0.1) is 0 Å². The van der Waals surface area contributed by atoms with E-state index < -0.39 is 0 Å². The number of nitrogens with zero attached hydrogens (tertiary/aromatic N) is 1. The highest BCUT2D eigenvalue weighted by Crippen LogP contribution is 2.22. The Balaban J connectivity index is 3.46. The van der Waals surface area contributed by atoms with Gasteiger partial charge >= 0.3 is 0 Å². The molecule has 0 N–H and O–H groups in total. The van der Waals surface area contributed by atoms with Crippen LogP contribution in [0.15, 0.2) is 58.8 Å². The van der Waals surface area contributed by atoms with E-state index in [0.29, 0.717) is 11.1 Å². The molecule has 0 aromatic heterocycles. The highest BCUT2D eigenvalue weighted by molar-refractivity contribution is 6.28. The molecule has 2 nitrogen and oxygen atoms in total. The number of carbonyl (C=O) groups excluding carboxylic acids is 1. The SMILES string of the molecule is C/C=C\C(=NC(/C)=C/CCC)/C(C)=C(/C(C)=O)c1ccc(F)cc1. The highest BCUT2D eigenvalue weighted by Gasteiger charge is 2.14. The van der Waals surface area contributed by atoms with Crippen molar-refractivity contribution in [3.63, 3.8) is 0 Å². The second-order valence-electron chi connectivity index (χ2n) is 5.69. The molecule has 0 aliphatic carbocycles. The van der Waals surface area contributed by atoms with Crippen LogP contribution in [0.25, 0.3) is 5.57 Å². The first-order valence-corrected chi connectivity index (χ1v) is 8.27. The van der Waals surface area contributed by atoms with Crippen LogP contribution in [0.3, 0.4) is 0 Å². The van der Waals surface area contributed by atoms with E-state index in [1.807, 2.05) is 32.9 Å². The lowest BCUT2D eigenvalue weighted by Gasteiger charge is -2.11. The van der Waals surface area contributed by atoms with Gasteiger partial charge in [0.05, 0.1) is 5.71 Å². The van der Waals surface area contributed by atoms with E-state index in [1.54, 1.807) is 12.1 Å². The Bertz CT molecular complexity index is 691. The summed E-state index contributed by atoms with van der Waals surface area (Å²) in [7, 11) is 0. The van der Waals surface area contributed by atoms with Crippen LogP contribution in [0.1, 0.15) is 53.0 Å². The second-order valence-corrected chi connectivity index (χ2v) is 5.69. The average Bonchev–Trinajstić information content (AvgIpc) is 2.54. The van der Waals surface area contributed by atoms with Gasteiger partial charge in [-0.25, -0.2) is 4.39 Å². The number of benzene rings is 1. The molecule has 0 amide bonds. The third-order valence-electron chi connectivity index (χ3n) is 3.59. The maximum atomic E-state index is 13.2. The Hall–Kier alpha value is -2.29.